The third-order valence-corrected chi connectivity index (χ3v) is 6.07. The lowest BCUT2D eigenvalue weighted by Crippen LogP contribution is -2.48. The number of piperidine rings is 1. The van der Waals surface area contributed by atoms with Crippen molar-refractivity contribution in [2.75, 3.05) is 37.6 Å². The van der Waals surface area contributed by atoms with Gasteiger partial charge in [0.1, 0.15) is 18.7 Å². The first-order chi connectivity index (χ1) is 16.0. The molecular formula is C24H28N6O3. The first kappa shape index (κ1) is 22.5. The van der Waals surface area contributed by atoms with E-state index in [0.717, 1.165) is 18.5 Å². The minimum atomic E-state index is -0.267. The average Bonchev–Trinajstić information content (AvgIpc) is 3.19. The summed E-state index contributed by atoms with van der Waals surface area (Å²) in [5.74, 6) is 0.515. The molecule has 1 unspecified atom stereocenters. The van der Waals surface area contributed by atoms with Crippen LogP contribution in [0, 0.1) is 11.3 Å². The highest BCUT2D eigenvalue weighted by Crippen LogP contribution is 2.24. The van der Waals surface area contributed by atoms with Gasteiger partial charge in [-0.3, -0.25) is 9.69 Å². The monoisotopic (exact) mass is 448 g/mol. The molecule has 2 saturated heterocycles. The lowest BCUT2D eigenvalue weighted by atomic mass is 10.0. The number of hydrogen-bond donors (Lipinski definition) is 0. The van der Waals surface area contributed by atoms with Crippen LogP contribution in [0.3, 0.4) is 0 Å². The number of ether oxygens (including phenoxy) is 1. The van der Waals surface area contributed by atoms with Crippen molar-refractivity contribution in [1.29, 1.82) is 5.26 Å². The molecule has 1 aromatic carbocycles. The largest absolute Gasteiger partial charge is 0.470 e. The van der Waals surface area contributed by atoms with E-state index in [4.69, 9.17) is 4.74 Å². The summed E-state index contributed by atoms with van der Waals surface area (Å²) in [6.45, 7) is 6.39. The molecule has 4 rings (SSSR count). The minimum Gasteiger partial charge on any atom is -0.470 e. The molecule has 33 heavy (non-hydrogen) atoms. The Balaban J connectivity index is 1.34. The maximum absolute atomic E-state index is 13.0. The molecule has 2 aliphatic heterocycles. The zero-order valence-corrected chi connectivity index (χ0v) is 19.0. The zero-order chi connectivity index (χ0) is 23.4. The molecule has 172 valence electrons. The van der Waals surface area contributed by atoms with Crippen LogP contribution >= 0.6 is 0 Å². The van der Waals surface area contributed by atoms with Gasteiger partial charge in [0.25, 0.3) is 5.88 Å². The Hall–Kier alpha value is -3.67. The smallest absolute Gasteiger partial charge is 0.325 e. The van der Waals surface area contributed by atoms with Crippen molar-refractivity contribution >= 4 is 17.6 Å². The molecule has 3 heterocycles. The summed E-state index contributed by atoms with van der Waals surface area (Å²) < 4.78 is 5.87. The van der Waals surface area contributed by atoms with Gasteiger partial charge < -0.3 is 14.5 Å². The molecule has 2 aliphatic rings. The van der Waals surface area contributed by atoms with Gasteiger partial charge in [0.05, 0.1) is 6.54 Å². The predicted molar refractivity (Wildman–Crippen MR) is 122 cm³/mol. The third-order valence-electron chi connectivity index (χ3n) is 6.07. The molecular weight excluding hydrogens is 420 g/mol. The first-order valence-electron chi connectivity index (χ1n) is 11.3. The number of carbonyl (C=O) groups is 2. The van der Waals surface area contributed by atoms with E-state index >= 15 is 0 Å². The fraction of sp³-hybridized carbons (Fsp3) is 0.458. The SMILES string of the molecule is CC(C)c1ccc(N2CCN(CC(=O)N3CCCC(Oc4nccnc4C#N)C3)C2=O)cc1. The highest BCUT2D eigenvalue weighted by Gasteiger charge is 2.33. The summed E-state index contributed by atoms with van der Waals surface area (Å²) in [5.41, 5.74) is 2.20. The number of rotatable bonds is 6. The lowest BCUT2D eigenvalue weighted by molar-refractivity contribution is -0.134. The summed E-state index contributed by atoms with van der Waals surface area (Å²) in [5, 5.41) is 9.18. The fourth-order valence-electron chi connectivity index (χ4n) is 4.18. The highest BCUT2D eigenvalue weighted by atomic mass is 16.5. The van der Waals surface area contributed by atoms with Gasteiger partial charge >= 0.3 is 6.03 Å². The molecule has 0 saturated carbocycles. The van der Waals surface area contributed by atoms with Crippen LogP contribution in [-0.2, 0) is 4.79 Å². The quantitative estimate of drug-likeness (QED) is 0.673. The van der Waals surface area contributed by atoms with Gasteiger partial charge in [-0.1, -0.05) is 26.0 Å². The Kier molecular flexibility index (Phi) is 6.73. The maximum atomic E-state index is 13.0. The third kappa shape index (κ3) is 5.06. The number of urea groups is 1. The van der Waals surface area contributed by atoms with Gasteiger partial charge in [-0.05, 0) is 36.5 Å². The number of likely N-dealkylation sites (tertiary alicyclic amines) is 1. The van der Waals surface area contributed by atoms with Gasteiger partial charge in [0, 0.05) is 37.7 Å². The van der Waals surface area contributed by atoms with Crippen molar-refractivity contribution in [1.82, 2.24) is 19.8 Å². The van der Waals surface area contributed by atoms with Gasteiger partial charge in [0.15, 0.2) is 0 Å². The summed E-state index contributed by atoms with van der Waals surface area (Å²) in [6.07, 6.45) is 4.19. The van der Waals surface area contributed by atoms with E-state index < -0.39 is 0 Å². The van der Waals surface area contributed by atoms with Crippen molar-refractivity contribution in [3.05, 3.63) is 47.9 Å². The Bertz CT molecular complexity index is 1050. The number of hydrogen-bond acceptors (Lipinski definition) is 6. The van der Waals surface area contributed by atoms with Gasteiger partial charge in [0.2, 0.25) is 11.6 Å². The highest BCUT2D eigenvalue weighted by molar-refractivity contribution is 5.96. The Morgan fingerprint density at radius 2 is 1.94 bits per heavy atom. The van der Waals surface area contributed by atoms with Crippen LogP contribution in [0.1, 0.15) is 43.9 Å². The molecule has 9 heteroatoms. The number of carbonyl (C=O) groups excluding carboxylic acids is 2. The van der Waals surface area contributed by atoms with Crippen LogP contribution < -0.4 is 9.64 Å². The van der Waals surface area contributed by atoms with Crippen molar-refractivity contribution in [3.8, 4) is 11.9 Å². The number of anilines is 1. The topological polar surface area (TPSA) is 103 Å². The summed E-state index contributed by atoms with van der Waals surface area (Å²) in [4.78, 5) is 39.0. The molecule has 2 fully saturated rings. The molecule has 1 aromatic heterocycles. The van der Waals surface area contributed by atoms with E-state index in [2.05, 4.69) is 23.8 Å². The molecule has 0 N–H and O–H groups in total. The summed E-state index contributed by atoms with van der Waals surface area (Å²) in [7, 11) is 0. The second kappa shape index (κ2) is 9.86. The van der Waals surface area contributed by atoms with Crippen LogP contribution in [-0.4, -0.2) is 70.5 Å². The molecule has 9 nitrogen and oxygen atoms in total. The standard InChI is InChI=1S/C24H28N6O3/c1-17(2)18-5-7-19(8-6-18)30-13-12-29(24(30)32)16-22(31)28-11-3-4-20(15-28)33-23-21(14-25)26-9-10-27-23/h5-10,17,20H,3-4,11-13,15-16H2,1-2H3. The van der Waals surface area contributed by atoms with E-state index in [0.29, 0.717) is 32.1 Å². The number of nitrogens with zero attached hydrogens (tertiary/aromatic N) is 6. The maximum Gasteiger partial charge on any atom is 0.325 e. The molecule has 1 atom stereocenters. The molecule has 3 amide bonds. The second-order valence-corrected chi connectivity index (χ2v) is 8.65. The number of benzene rings is 1. The van der Waals surface area contributed by atoms with E-state index in [1.54, 1.807) is 14.7 Å². The molecule has 0 bridgehead atoms. The molecule has 0 aliphatic carbocycles. The second-order valence-electron chi connectivity index (χ2n) is 8.65. The van der Waals surface area contributed by atoms with Crippen molar-refractivity contribution in [2.24, 2.45) is 0 Å². The zero-order valence-electron chi connectivity index (χ0n) is 19.0. The molecule has 0 radical (unpaired) electrons. The Labute approximate surface area is 193 Å². The summed E-state index contributed by atoms with van der Waals surface area (Å²) >= 11 is 0. The van der Waals surface area contributed by atoms with E-state index in [1.165, 1.54) is 18.0 Å². The van der Waals surface area contributed by atoms with E-state index in [1.807, 2.05) is 30.3 Å². The number of aromatic nitrogens is 2. The van der Waals surface area contributed by atoms with Gasteiger partial charge in [-0.15, -0.1) is 0 Å². The van der Waals surface area contributed by atoms with Gasteiger partial charge in [-0.2, -0.15) is 5.26 Å². The van der Waals surface area contributed by atoms with Crippen LogP contribution in [0.15, 0.2) is 36.7 Å². The van der Waals surface area contributed by atoms with Crippen LogP contribution in [0.4, 0.5) is 10.5 Å². The van der Waals surface area contributed by atoms with Crippen molar-refractivity contribution < 1.29 is 14.3 Å². The average molecular weight is 449 g/mol. The lowest BCUT2D eigenvalue weighted by Gasteiger charge is -2.33. The van der Waals surface area contributed by atoms with E-state index in [9.17, 15) is 14.9 Å². The first-order valence-corrected chi connectivity index (χ1v) is 11.3. The van der Waals surface area contributed by atoms with Crippen LogP contribution in [0.2, 0.25) is 0 Å². The minimum absolute atomic E-state index is 0.0424. The van der Waals surface area contributed by atoms with E-state index in [-0.39, 0.29) is 36.2 Å². The number of amides is 3. The van der Waals surface area contributed by atoms with Gasteiger partial charge in [-0.25, -0.2) is 14.8 Å². The Morgan fingerprint density at radius 3 is 2.67 bits per heavy atom. The van der Waals surface area contributed by atoms with Crippen molar-refractivity contribution in [2.45, 2.75) is 38.7 Å². The number of nitriles is 1. The van der Waals surface area contributed by atoms with Crippen LogP contribution in [0.5, 0.6) is 5.88 Å². The normalized spacial score (nSPS) is 18.5. The molecule has 0 spiro atoms. The fourth-order valence-corrected chi connectivity index (χ4v) is 4.18. The van der Waals surface area contributed by atoms with Crippen molar-refractivity contribution in [3.63, 3.8) is 0 Å². The Morgan fingerprint density at radius 1 is 1.18 bits per heavy atom. The predicted octanol–water partition coefficient (Wildman–Crippen LogP) is 2.78. The van der Waals surface area contributed by atoms with Crippen LogP contribution in [0.25, 0.3) is 0 Å². The molecule has 2 aromatic rings. The summed E-state index contributed by atoms with van der Waals surface area (Å²) in [6, 6.07) is 9.84.